The topological polar surface area (TPSA) is 212 Å². The Balaban J connectivity index is 2.54. The molecule has 8 unspecified atom stereocenters. The molecule has 1 rings (SSSR count). The number of carbonyl (C=O) groups excluding carboxylic acids is 1. The summed E-state index contributed by atoms with van der Waals surface area (Å²) in [7, 11) is -5.12. The normalized spacial score (nSPS) is 21.2. The summed E-state index contributed by atoms with van der Waals surface area (Å²) in [6.07, 6.45) is 30.0. The van der Waals surface area contributed by atoms with E-state index < -0.39 is 78.5 Å². The van der Waals surface area contributed by atoms with E-state index in [0.29, 0.717) is 12.8 Å². The van der Waals surface area contributed by atoms with E-state index in [0.717, 1.165) is 38.5 Å². The number of aliphatic hydroxyl groups excluding tert-OH is 5. The summed E-state index contributed by atoms with van der Waals surface area (Å²) in [5.41, 5.74) is 0. The average Bonchev–Trinajstić information content (AvgIpc) is 3.23. The number of amides is 1. The molecule has 1 aliphatic heterocycles. The summed E-state index contributed by atoms with van der Waals surface area (Å²) >= 11 is 0. The molecule has 13 nitrogen and oxygen atoms in total. The molecule has 0 radical (unpaired) electrons. The quantitative estimate of drug-likeness (QED) is 0.0174. The van der Waals surface area contributed by atoms with Crippen LogP contribution in [0.5, 0.6) is 0 Å². The molecule has 1 amide bonds. The highest BCUT2D eigenvalue weighted by molar-refractivity contribution is 7.80. The van der Waals surface area contributed by atoms with Crippen molar-refractivity contribution >= 4 is 16.3 Å². The lowest BCUT2D eigenvalue weighted by Crippen LogP contribution is -2.61. The standard InChI is InChI=1S/C47H91NO12S/c1-3-5-7-9-11-13-15-17-19-20-22-24-26-28-30-32-34-36-41(51)46(54)48-39(38-58-47-44(53)45(60-61(55,56)57)43(52)42(37-49)59-47)40(50)35-33-31-29-27-25-23-21-18-16-14-12-10-8-6-4-2/h33,35,39-45,47,49-53H,3-32,34,36-38H2,1-2H3,(H,48,54)(H,55,56,57)/b35-33+. The zero-order valence-corrected chi connectivity index (χ0v) is 39.2. The van der Waals surface area contributed by atoms with Gasteiger partial charge in [0.25, 0.3) is 0 Å². The van der Waals surface area contributed by atoms with Crippen molar-refractivity contribution in [3.8, 4) is 0 Å². The van der Waals surface area contributed by atoms with Gasteiger partial charge in [-0.1, -0.05) is 212 Å². The van der Waals surface area contributed by atoms with Crippen molar-refractivity contribution in [2.24, 2.45) is 0 Å². The molecular weight excluding hydrogens is 803 g/mol. The molecular formula is C47H91NO12S. The van der Waals surface area contributed by atoms with Gasteiger partial charge in [-0.05, 0) is 19.3 Å². The Morgan fingerprint density at radius 3 is 1.48 bits per heavy atom. The van der Waals surface area contributed by atoms with Crippen molar-refractivity contribution < 1.29 is 57.0 Å². The molecule has 0 aromatic rings. The van der Waals surface area contributed by atoms with Crippen LogP contribution >= 0.6 is 0 Å². The molecule has 0 aromatic heterocycles. The van der Waals surface area contributed by atoms with Gasteiger partial charge in [0.15, 0.2) is 6.29 Å². The lowest BCUT2D eigenvalue weighted by atomic mass is 9.99. The molecule has 1 fully saturated rings. The Bertz CT molecular complexity index is 1160. The molecule has 7 N–H and O–H groups in total. The minimum Gasteiger partial charge on any atom is -0.394 e. The highest BCUT2D eigenvalue weighted by Gasteiger charge is 2.48. The van der Waals surface area contributed by atoms with Crippen LogP contribution in [0.15, 0.2) is 12.2 Å². The molecule has 1 heterocycles. The second-order valence-electron chi connectivity index (χ2n) is 17.6. The van der Waals surface area contributed by atoms with Gasteiger partial charge in [-0.3, -0.25) is 9.35 Å². The zero-order valence-electron chi connectivity index (χ0n) is 38.4. The second kappa shape index (κ2) is 38.1. The van der Waals surface area contributed by atoms with Crippen molar-refractivity contribution in [2.75, 3.05) is 13.2 Å². The van der Waals surface area contributed by atoms with Crippen LogP contribution in [0, 0.1) is 0 Å². The summed E-state index contributed by atoms with van der Waals surface area (Å²) in [6.45, 7) is 3.23. The third-order valence-corrected chi connectivity index (χ3v) is 12.4. The highest BCUT2D eigenvalue weighted by atomic mass is 32.3. The molecule has 0 bridgehead atoms. The molecule has 0 aliphatic carbocycles. The molecule has 8 atom stereocenters. The minimum atomic E-state index is -5.12. The average molecular weight is 894 g/mol. The van der Waals surface area contributed by atoms with Crippen molar-refractivity contribution in [1.29, 1.82) is 0 Å². The summed E-state index contributed by atoms with van der Waals surface area (Å²) in [5.74, 6) is -0.699. The van der Waals surface area contributed by atoms with Gasteiger partial charge in [0.2, 0.25) is 5.91 Å². The summed E-state index contributed by atoms with van der Waals surface area (Å²) < 4.78 is 47.6. The molecule has 362 valence electrons. The van der Waals surface area contributed by atoms with E-state index in [4.69, 9.17) is 9.47 Å². The van der Waals surface area contributed by atoms with Crippen LogP contribution in [0.1, 0.15) is 219 Å². The molecule has 0 saturated carbocycles. The van der Waals surface area contributed by atoms with E-state index in [-0.39, 0.29) is 6.42 Å². The van der Waals surface area contributed by atoms with E-state index in [2.05, 4.69) is 23.3 Å². The Morgan fingerprint density at radius 2 is 1.07 bits per heavy atom. The Labute approximate surface area is 371 Å². The summed E-state index contributed by atoms with van der Waals surface area (Å²) in [5, 5.41) is 55.3. The van der Waals surface area contributed by atoms with E-state index in [9.17, 15) is 43.3 Å². The van der Waals surface area contributed by atoms with Gasteiger partial charge in [-0.15, -0.1) is 0 Å². The van der Waals surface area contributed by atoms with Crippen molar-refractivity contribution in [2.45, 2.75) is 268 Å². The molecule has 1 aliphatic rings. The number of carbonyl (C=O) groups is 1. The Morgan fingerprint density at radius 1 is 0.656 bits per heavy atom. The van der Waals surface area contributed by atoms with Crippen LogP contribution in [-0.2, 0) is 28.9 Å². The van der Waals surface area contributed by atoms with Gasteiger partial charge in [-0.2, -0.15) is 8.42 Å². The zero-order chi connectivity index (χ0) is 45.0. The largest absolute Gasteiger partial charge is 0.397 e. The number of hydrogen-bond acceptors (Lipinski definition) is 11. The van der Waals surface area contributed by atoms with Crippen LogP contribution < -0.4 is 5.32 Å². The Hall–Kier alpha value is -1.20. The molecule has 0 spiro atoms. The predicted octanol–water partition coefficient (Wildman–Crippen LogP) is 8.92. The molecule has 1 saturated heterocycles. The van der Waals surface area contributed by atoms with Gasteiger partial charge in [-0.25, -0.2) is 4.18 Å². The number of ether oxygens (including phenoxy) is 2. The van der Waals surface area contributed by atoms with E-state index in [1.54, 1.807) is 6.08 Å². The van der Waals surface area contributed by atoms with Crippen LogP contribution in [0.4, 0.5) is 0 Å². The third-order valence-electron chi connectivity index (χ3n) is 11.9. The number of hydrogen-bond donors (Lipinski definition) is 7. The maximum absolute atomic E-state index is 13.1. The highest BCUT2D eigenvalue weighted by Crippen LogP contribution is 2.26. The first-order valence-corrected chi connectivity index (χ1v) is 26.0. The van der Waals surface area contributed by atoms with Gasteiger partial charge >= 0.3 is 10.4 Å². The van der Waals surface area contributed by atoms with Gasteiger partial charge < -0.3 is 40.3 Å². The number of rotatable bonds is 42. The second-order valence-corrected chi connectivity index (χ2v) is 18.6. The monoisotopic (exact) mass is 894 g/mol. The smallest absolute Gasteiger partial charge is 0.394 e. The first kappa shape index (κ1) is 57.8. The summed E-state index contributed by atoms with van der Waals surface area (Å²) in [6, 6.07) is -1.11. The lowest BCUT2D eigenvalue weighted by molar-refractivity contribution is -0.298. The molecule has 0 aromatic carbocycles. The van der Waals surface area contributed by atoms with Crippen molar-refractivity contribution in [3.63, 3.8) is 0 Å². The fraction of sp³-hybridized carbons (Fsp3) is 0.936. The van der Waals surface area contributed by atoms with Crippen LogP contribution in [0.25, 0.3) is 0 Å². The molecule has 61 heavy (non-hydrogen) atoms. The number of aliphatic hydroxyl groups is 5. The SMILES string of the molecule is CCCCCCCCCCCCCCC/C=C/C(O)C(COC1OC(CO)C(O)C(OS(=O)(=O)O)C1O)NC(=O)C(O)CCCCCCCCCCCCCCCCCCC. The van der Waals surface area contributed by atoms with E-state index >= 15 is 0 Å². The van der Waals surface area contributed by atoms with Crippen LogP contribution in [-0.4, -0.2) is 107 Å². The lowest BCUT2D eigenvalue weighted by Gasteiger charge is -2.41. The summed E-state index contributed by atoms with van der Waals surface area (Å²) in [4.78, 5) is 13.1. The van der Waals surface area contributed by atoms with Crippen LogP contribution in [0.2, 0.25) is 0 Å². The first-order chi connectivity index (χ1) is 29.4. The van der Waals surface area contributed by atoms with Gasteiger partial charge in [0, 0.05) is 0 Å². The van der Waals surface area contributed by atoms with Gasteiger partial charge in [0.05, 0.1) is 25.4 Å². The van der Waals surface area contributed by atoms with Crippen molar-refractivity contribution in [3.05, 3.63) is 12.2 Å². The number of allylic oxidation sites excluding steroid dienone is 1. The minimum absolute atomic E-state index is 0.248. The predicted molar refractivity (Wildman–Crippen MR) is 242 cm³/mol. The Kier molecular flexibility index (Phi) is 36.1. The van der Waals surface area contributed by atoms with Gasteiger partial charge in [0.1, 0.15) is 30.5 Å². The number of unbranched alkanes of at least 4 members (excludes halogenated alkanes) is 29. The van der Waals surface area contributed by atoms with E-state index in [1.165, 1.54) is 148 Å². The molecule has 14 heteroatoms. The third kappa shape index (κ3) is 30.6. The van der Waals surface area contributed by atoms with Crippen LogP contribution in [0.3, 0.4) is 0 Å². The fourth-order valence-corrected chi connectivity index (χ4v) is 8.50. The first-order valence-electron chi connectivity index (χ1n) is 24.7. The maximum Gasteiger partial charge on any atom is 0.397 e. The number of nitrogens with one attached hydrogen (secondary N) is 1. The van der Waals surface area contributed by atoms with Crippen molar-refractivity contribution in [1.82, 2.24) is 5.32 Å². The maximum atomic E-state index is 13.1. The van der Waals surface area contributed by atoms with E-state index in [1.807, 2.05) is 6.08 Å². The fourth-order valence-electron chi connectivity index (χ4n) is 7.99.